The SMILES string of the molecule is CC1CN(C(=O)N[C@H](CC(=O)O)C(=O)O)CC(C)(C)O1. The summed E-state index contributed by atoms with van der Waals surface area (Å²) in [6.45, 7) is 6.11. The van der Waals surface area contributed by atoms with Gasteiger partial charge in [0.2, 0.25) is 0 Å². The number of carbonyl (C=O) groups excluding carboxylic acids is 1. The van der Waals surface area contributed by atoms with E-state index >= 15 is 0 Å². The van der Waals surface area contributed by atoms with Crippen molar-refractivity contribution in [1.82, 2.24) is 10.2 Å². The molecule has 0 aromatic heterocycles. The van der Waals surface area contributed by atoms with Crippen molar-refractivity contribution in [3.63, 3.8) is 0 Å². The third-order valence-corrected chi connectivity index (χ3v) is 2.83. The summed E-state index contributed by atoms with van der Waals surface area (Å²) in [6.07, 6.45) is -0.836. The van der Waals surface area contributed by atoms with Crippen molar-refractivity contribution in [2.24, 2.45) is 0 Å². The van der Waals surface area contributed by atoms with Crippen molar-refractivity contribution in [2.45, 2.75) is 44.9 Å². The smallest absolute Gasteiger partial charge is 0.326 e. The monoisotopic (exact) mass is 288 g/mol. The second-order valence-electron chi connectivity index (χ2n) is 5.51. The van der Waals surface area contributed by atoms with Crippen LogP contribution in [0.1, 0.15) is 27.2 Å². The van der Waals surface area contributed by atoms with Gasteiger partial charge in [0.05, 0.1) is 24.7 Å². The Hall–Kier alpha value is -1.83. The molecule has 1 fully saturated rings. The molecule has 0 aromatic rings. The second-order valence-corrected chi connectivity index (χ2v) is 5.51. The molecule has 0 aliphatic carbocycles. The first-order chi connectivity index (χ1) is 9.10. The van der Waals surface area contributed by atoms with Gasteiger partial charge in [0.25, 0.3) is 0 Å². The summed E-state index contributed by atoms with van der Waals surface area (Å²) >= 11 is 0. The fraction of sp³-hybridized carbons (Fsp3) is 0.750. The average molecular weight is 288 g/mol. The van der Waals surface area contributed by atoms with Gasteiger partial charge in [-0.25, -0.2) is 9.59 Å². The summed E-state index contributed by atoms with van der Waals surface area (Å²) in [5.41, 5.74) is -0.527. The van der Waals surface area contributed by atoms with Gasteiger partial charge in [-0.2, -0.15) is 0 Å². The first-order valence-electron chi connectivity index (χ1n) is 6.28. The maximum Gasteiger partial charge on any atom is 0.326 e. The fourth-order valence-corrected chi connectivity index (χ4v) is 2.22. The summed E-state index contributed by atoms with van der Waals surface area (Å²) in [6, 6.07) is -2.04. The summed E-state index contributed by atoms with van der Waals surface area (Å²) in [5.74, 6) is -2.66. The van der Waals surface area contributed by atoms with E-state index in [-0.39, 0.29) is 6.10 Å². The highest BCUT2D eigenvalue weighted by atomic mass is 16.5. The second kappa shape index (κ2) is 6.08. The Morgan fingerprint density at radius 1 is 1.40 bits per heavy atom. The molecule has 1 rings (SSSR count). The van der Waals surface area contributed by atoms with Gasteiger partial charge in [0.1, 0.15) is 6.04 Å². The lowest BCUT2D eigenvalue weighted by molar-refractivity contribution is -0.145. The number of nitrogens with one attached hydrogen (secondary N) is 1. The molecule has 8 nitrogen and oxygen atoms in total. The maximum absolute atomic E-state index is 12.0. The van der Waals surface area contributed by atoms with Gasteiger partial charge in [0.15, 0.2) is 0 Å². The zero-order valence-electron chi connectivity index (χ0n) is 11.8. The lowest BCUT2D eigenvalue weighted by Crippen LogP contribution is -2.58. The highest BCUT2D eigenvalue weighted by Gasteiger charge is 2.35. The molecule has 2 amide bonds. The number of morpholine rings is 1. The van der Waals surface area contributed by atoms with E-state index in [0.717, 1.165) is 0 Å². The summed E-state index contributed by atoms with van der Waals surface area (Å²) in [5, 5.41) is 19.8. The summed E-state index contributed by atoms with van der Waals surface area (Å²) < 4.78 is 5.64. The van der Waals surface area contributed by atoms with E-state index in [1.54, 1.807) is 0 Å². The maximum atomic E-state index is 12.0. The van der Waals surface area contributed by atoms with Crippen LogP contribution in [0.25, 0.3) is 0 Å². The number of nitrogens with zero attached hydrogens (tertiary/aromatic N) is 1. The largest absolute Gasteiger partial charge is 0.481 e. The van der Waals surface area contributed by atoms with Crippen LogP contribution in [0.15, 0.2) is 0 Å². The molecule has 1 aliphatic rings. The standard InChI is InChI=1S/C12H20N2O6/c1-7-5-14(6-12(2,3)20-7)11(19)13-8(10(17)18)4-9(15)16/h7-8H,4-6H2,1-3H3,(H,13,19)(H,15,16)(H,17,18)/t7?,8-/m1/s1. The van der Waals surface area contributed by atoms with Crippen molar-refractivity contribution in [2.75, 3.05) is 13.1 Å². The van der Waals surface area contributed by atoms with Gasteiger partial charge in [-0.3, -0.25) is 4.79 Å². The van der Waals surface area contributed by atoms with E-state index < -0.39 is 36.0 Å². The number of carbonyl (C=O) groups is 3. The van der Waals surface area contributed by atoms with Crippen LogP contribution in [0.4, 0.5) is 4.79 Å². The predicted octanol–water partition coefficient (Wildman–Crippen LogP) is 0.123. The average Bonchev–Trinajstić information content (AvgIpc) is 2.24. The molecule has 2 atom stereocenters. The molecule has 1 saturated heterocycles. The van der Waals surface area contributed by atoms with Crippen LogP contribution in [-0.2, 0) is 14.3 Å². The van der Waals surface area contributed by atoms with E-state index in [1.165, 1.54) is 4.90 Å². The topological polar surface area (TPSA) is 116 Å². The number of carboxylic acids is 2. The zero-order valence-corrected chi connectivity index (χ0v) is 11.8. The minimum absolute atomic E-state index is 0.174. The Morgan fingerprint density at radius 3 is 2.45 bits per heavy atom. The van der Waals surface area contributed by atoms with Crippen LogP contribution >= 0.6 is 0 Å². The minimum atomic E-state index is -1.44. The number of carboxylic acid groups (broad SMARTS) is 2. The lowest BCUT2D eigenvalue weighted by atomic mass is 10.1. The number of aliphatic carboxylic acids is 2. The third kappa shape index (κ3) is 4.69. The van der Waals surface area contributed by atoms with Gasteiger partial charge in [0, 0.05) is 6.54 Å². The molecule has 0 aromatic carbocycles. The normalized spacial score (nSPS) is 22.9. The number of urea groups is 1. The molecular formula is C12H20N2O6. The van der Waals surface area contributed by atoms with E-state index in [0.29, 0.717) is 13.1 Å². The van der Waals surface area contributed by atoms with Crippen LogP contribution in [-0.4, -0.2) is 63.9 Å². The lowest BCUT2D eigenvalue weighted by Gasteiger charge is -2.41. The van der Waals surface area contributed by atoms with Crippen LogP contribution in [0, 0.1) is 0 Å². The van der Waals surface area contributed by atoms with E-state index in [4.69, 9.17) is 14.9 Å². The fourth-order valence-electron chi connectivity index (χ4n) is 2.22. The predicted molar refractivity (Wildman–Crippen MR) is 68.4 cm³/mol. The van der Waals surface area contributed by atoms with Crippen LogP contribution in [0.3, 0.4) is 0 Å². The number of hydrogen-bond donors (Lipinski definition) is 3. The summed E-state index contributed by atoms with van der Waals surface area (Å²) in [4.78, 5) is 35.0. The highest BCUT2D eigenvalue weighted by Crippen LogP contribution is 2.20. The number of hydrogen-bond acceptors (Lipinski definition) is 4. The Morgan fingerprint density at radius 2 is 2.00 bits per heavy atom. The van der Waals surface area contributed by atoms with Gasteiger partial charge in [-0.1, -0.05) is 0 Å². The molecule has 0 saturated carbocycles. The molecule has 8 heteroatoms. The Kier molecular flexibility index (Phi) is 4.93. The highest BCUT2D eigenvalue weighted by molar-refractivity contribution is 5.86. The molecule has 20 heavy (non-hydrogen) atoms. The molecule has 1 unspecified atom stereocenters. The molecule has 114 valence electrons. The summed E-state index contributed by atoms with van der Waals surface area (Å²) in [7, 11) is 0. The molecule has 1 aliphatic heterocycles. The number of ether oxygens (including phenoxy) is 1. The van der Waals surface area contributed by atoms with Gasteiger partial charge >= 0.3 is 18.0 Å². The van der Waals surface area contributed by atoms with Crippen molar-refractivity contribution < 1.29 is 29.3 Å². The quantitative estimate of drug-likeness (QED) is 0.676. The Labute approximate surface area is 116 Å². The van der Waals surface area contributed by atoms with Crippen molar-refractivity contribution in [1.29, 1.82) is 0 Å². The van der Waals surface area contributed by atoms with E-state index in [9.17, 15) is 14.4 Å². The van der Waals surface area contributed by atoms with Gasteiger partial charge < -0.3 is 25.2 Å². The molecule has 3 N–H and O–H groups in total. The molecule has 0 spiro atoms. The van der Waals surface area contributed by atoms with Crippen LogP contribution < -0.4 is 5.32 Å². The van der Waals surface area contributed by atoms with Crippen molar-refractivity contribution >= 4 is 18.0 Å². The Bertz CT molecular complexity index is 409. The van der Waals surface area contributed by atoms with Gasteiger partial charge in [-0.15, -0.1) is 0 Å². The number of amides is 2. The Balaban J connectivity index is 2.68. The minimum Gasteiger partial charge on any atom is -0.481 e. The number of rotatable bonds is 4. The van der Waals surface area contributed by atoms with Crippen LogP contribution in [0.2, 0.25) is 0 Å². The van der Waals surface area contributed by atoms with Gasteiger partial charge in [-0.05, 0) is 20.8 Å². The van der Waals surface area contributed by atoms with Crippen LogP contribution in [0.5, 0.6) is 0 Å². The van der Waals surface area contributed by atoms with Crippen molar-refractivity contribution in [3.8, 4) is 0 Å². The zero-order chi connectivity index (χ0) is 15.5. The molecular weight excluding hydrogens is 268 g/mol. The molecule has 1 heterocycles. The van der Waals surface area contributed by atoms with E-state index in [1.807, 2.05) is 20.8 Å². The third-order valence-electron chi connectivity index (χ3n) is 2.83. The first-order valence-corrected chi connectivity index (χ1v) is 6.28. The van der Waals surface area contributed by atoms with Crippen molar-refractivity contribution in [3.05, 3.63) is 0 Å². The molecule has 0 radical (unpaired) electrons. The molecule has 0 bridgehead atoms. The first kappa shape index (κ1) is 16.2. The van der Waals surface area contributed by atoms with E-state index in [2.05, 4.69) is 5.32 Å².